The maximum absolute atomic E-state index is 10.2. The van der Waals surface area contributed by atoms with Crippen LogP contribution in [0.25, 0.3) is 0 Å². The molecule has 0 radical (unpaired) electrons. The molecule has 2 N–H and O–H groups in total. The normalized spacial score (nSPS) is 15.0. The van der Waals surface area contributed by atoms with E-state index in [9.17, 15) is 5.11 Å². The Kier molecular flexibility index (Phi) is 7.73. The Balaban J connectivity index is 1.77. The molecule has 0 spiro atoms. The minimum atomic E-state index is -0.551. The highest BCUT2D eigenvalue weighted by molar-refractivity contribution is 6.30. The third-order valence-corrected chi connectivity index (χ3v) is 4.28. The number of halogens is 1. The summed E-state index contributed by atoms with van der Waals surface area (Å²) in [6.45, 7) is 4.92. The van der Waals surface area contributed by atoms with Crippen molar-refractivity contribution in [2.75, 3.05) is 13.2 Å². The zero-order valence-corrected chi connectivity index (χ0v) is 15.0. The Morgan fingerprint density at radius 1 is 1.08 bits per heavy atom. The minimum Gasteiger partial charge on any atom is -0.389 e. The number of ether oxygens (including phenoxy) is 1. The van der Waals surface area contributed by atoms with E-state index in [0.717, 1.165) is 22.6 Å². The second-order valence-corrected chi connectivity index (χ2v) is 6.42. The minimum absolute atomic E-state index is 0.0196. The summed E-state index contributed by atoms with van der Waals surface area (Å²) >= 11 is 6.01. The number of aliphatic hydroxyl groups is 1. The SMILES string of the molecule is CCC(OCC(O)CNC(C)c1cccc(Cl)c1)c1ccccc1. The predicted molar refractivity (Wildman–Crippen MR) is 99.3 cm³/mol. The Bertz CT molecular complexity index is 606. The molecule has 0 amide bonds. The Morgan fingerprint density at radius 2 is 1.79 bits per heavy atom. The van der Waals surface area contributed by atoms with Crippen LogP contribution in [0.1, 0.15) is 43.5 Å². The molecule has 24 heavy (non-hydrogen) atoms. The summed E-state index contributed by atoms with van der Waals surface area (Å²) in [5.74, 6) is 0. The van der Waals surface area contributed by atoms with E-state index in [1.165, 1.54) is 0 Å². The van der Waals surface area contributed by atoms with E-state index >= 15 is 0 Å². The van der Waals surface area contributed by atoms with Gasteiger partial charge < -0.3 is 15.2 Å². The van der Waals surface area contributed by atoms with Crippen LogP contribution in [0.4, 0.5) is 0 Å². The van der Waals surface area contributed by atoms with E-state index in [1.807, 2.05) is 42.5 Å². The number of hydrogen-bond acceptors (Lipinski definition) is 3. The molecular weight excluding hydrogens is 322 g/mol. The zero-order valence-electron chi connectivity index (χ0n) is 14.3. The van der Waals surface area contributed by atoms with Crippen molar-refractivity contribution in [2.45, 2.75) is 38.5 Å². The van der Waals surface area contributed by atoms with Gasteiger partial charge >= 0.3 is 0 Å². The zero-order chi connectivity index (χ0) is 17.4. The lowest BCUT2D eigenvalue weighted by Crippen LogP contribution is -2.32. The molecule has 0 aromatic heterocycles. The molecule has 2 aromatic carbocycles. The Morgan fingerprint density at radius 3 is 2.46 bits per heavy atom. The fourth-order valence-electron chi connectivity index (χ4n) is 2.61. The van der Waals surface area contributed by atoms with Crippen LogP contribution in [-0.2, 0) is 4.74 Å². The first-order chi connectivity index (χ1) is 11.6. The Hall–Kier alpha value is -1.39. The second-order valence-electron chi connectivity index (χ2n) is 5.98. The van der Waals surface area contributed by atoms with E-state index in [1.54, 1.807) is 0 Å². The smallest absolute Gasteiger partial charge is 0.0898 e. The van der Waals surface area contributed by atoms with Crippen LogP contribution in [0.2, 0.25) is 5.02 Å². The molecule has 0 saturated heterocycles. The van der Waals surface area contributed by atoms with E-state index < -0.39 is 6.10 Å². The third-order valence-electron chi connectivity index (χ3n) is 4.04. The Labute approximate surface area is 149 Å². The molecule has 2 aromatic rings. The molecule has 4 heteroatoms. The first-order valence-corrected chi connectivity index (χ1v) is 8.81. The van der Waals surface area contributed by atoms with Gasteiger partial charge in [-0.05, 0) is 36.6 Å². The van der Waals surface area contributed by atoms with E-state index in [-0.39, 0.29) is 12.1 Å². The molecule has 3 unspecified atom stereocenters. The van der Waals surface area contributed by atoms with Gasteiger partial charge in [0.15, 0.2) is 0 Å². The summed E-state index contributed by atoms with van der Waals surface area (Å²) in [7, 11) is 0. The number of aliphatic hydroxyl groups excluding tert-OH is 1. The van der Waals surface area contributed by atoms with Crippen LogP contribution in [-0.4, -0.2) is 24.4 Å². The van der Waals surface area contributed by atoms with Crippen LogP contribution in [0, 0.1) is 0 Å². The number of nitrogens with one attached hydrogen (secondary N) is 1. The summed E-state index contributed by atoms with van der Waals surface area (Å²) in [6, 6.07) is 18.0. The molecule has 130 valence electrons. The van der Waals surface area contributed by atoms with Crippen LogP contribution in [0.15, 0.2) is 54.6 Å². The first kappa shape index (κ1) is 18.9. The third kappa shape index (κ3) is 5.91. The molecule has 0 aliphatic rings. The van der Waals surface area contributed by atoms with Gasteiger partial charge in [-0.1, -0.05) is 61.0 Å². The summed E-state index contributed by atoms with van der Waals surface area (Å²) in [4.78, 5) is 0. The van der Waals surface area contributed by atoms with E-state index in [0.29, 0.717) is 13.2 Å². The molecule has 0 heterocycles. The van der Waals surface area contributed by atoms with E-state index in [2.05, 4.69) is 31.3 Å². The van der Waals surface area contributed by atoms with E-state index in [4.69, 9.17) is 16.3 Å². The lowest BCUT2D eigenvalue weighted by atomic mass is 10.1. The molecule has 0 aliphatic carbocycles. The van der Waals surface area contributed by atoms with Gasteiger partial charge in [-0.3, -0.25) is 0 Å². The van der Waals surface area contributed by atoms with Crippen LogP contribution >= 0.6 is 11.6 Å². The van der Waals surface area contributed by atoms with Gasteiger partial charge in [-0.25, -0.2) is 0 Å². The van der Waals surface area contributed by atoms with Crippen molar-refractivity contribution in [2.24, 2.45) is 0 Å². The molecular formula is C20H26ClNO2. The highest BCUT2D eigenvalue weighted by Gasteiger charge is 2.13. The van der Waals surface area contributed by atoms with Crippen molar-refractivity contribution in [1.82, 2.24) is 5.32 Å². The average molecular weight is 348 g/mol. The summed E-state index contributed by atoms with van der Waals surface area (Å²) in [5.41, 5.74) is 2.25. The number of hydrogen-bond donors (Lipinski definition) is 2. The van der Waals surface area contributed by atoms with Gasteiger partial charge in [0.2, 0.25) is 0 Å². The monoisotopic (exact) mass is 347 g/mol. The van der Waals surface area contributed by atoms with Crippen LogP contribution in [0.3, 0.4) is 0 Å². The van der Waals surface area contributed by atoms with Gasteiger partial charge in [-0.2, -0.15) is 0 Å². The average Bonchev–Trinajstić information content (AvgIpc) is 2.61. The van der Waals surface area contributed by atoms with Gasteiger partial charge in [0.25, 0.3) is 0 Å². The van der Waals surface area contributed by atoms with Crippen molar-refractivity contribution in [1.29, 1.82) is 0 Å². The molecule has 3 nitrogen and oxygen atoms in total. The predicted octanol–water partition coefficient (Wildman–Crippen LogP) is 4.52. The fourth-order valence-corrected chi connectivity index (χ4v) is 2.81. The largest absolute Gasteiger partial charge is 0.389 e. The highest BCUT2D eigenvalue weighted by atomic mass is 35.5. The standard InChI is InChI=1S/C20H26ClNO2/c1-3-20(16-8-5-4-6-9-16)24-14-19(23)13-22-15(2)17-10-7-11-18(21)12-17/h4-12,15,19-20,22-23H,3,13-14H2,1-2H3. The maximum atomic E-state index is 10.2. The lowest BCUT2D eigenvalue weighted by Gasteiger charge is -2.21. The molecule has 0 aliphatic heterocycles. The summed E-state index contributed by atoms with van der Waals surface area (Å²) < 4.78 is 5.89. The lowest BCUT2D eigenvalue weighted by molar-refractivity contribution is -0.0120. The first-order valence-electron chi connectivity index (χ1n) is 8.43. The number of benzene rings is 2. The van der Waals surface area contributed by atoms with Crippen molar-refractivity contribution >= 4 is 11.6 Å². The quantitative estimate of drug-likeness (QED) is 0.700. The topological polar surface area (TPSA) is 41.5 Å². The van der Waals surface area contributed by atoms with Gasteiger partial charge in [-0.15, -0.1) is 0 Å². The number of rotatable bonds is 9. The van der Waals surface area contributed by atoms with Gasteiger partial charge in [0.05, 0.1) is 18.8 Å². The van der Waals surface area contributed by atoms with Crippen molar-refractivity contribution in [3.63, 3.8) is 0 Å². The van der Waals surface area contributed by atoms with Crippen molar-refractivity contribution < 1.29 is 9.84 Å². The van der Waals surface area contributed by atoms with Crippen LogP contribution < -0.4 is 5.32 Å². The molecule has 2 rings (SSSR count). The van der Waals surface area contributed by atoms with Crippen LogP contribution in [0.5, 0.6) is 0 Å². The second kappa shape index (κ2) is 9.80. The van der Waals surface area contributed by atoms with Gasteiger partial charge in [0, 0.05) is 17.6 Å². The van der Waals surface area contributed by atoms with Crippen molar-refractivity contribution in [3.8, 4) is 0 Å². The summed E-state index contributed by atoms with van der Waals surface area (Å²) in [6.07, 6.45) is 0.346. The molecule has 0 saturated carbocycles. The van der Waals surface area contributed by atoms with Gasteiger partial charge in [0.1, 0.15) is 0 Å². The molecule has 0 fully saturated rings. The van der Waals surface area contributed by atoms with Crippen molar-refractivity contribution in [3.05, 3.63) is 70.7 Å². The summed E-state index contributed by atoms with van der Waals surface area (Å²) in [5, 5.41) is 14.2. The maximum Gasteiger partial charge on any atom is 0.0898 e. The molecule has 0 bridgehead atoms. The molecule has 3 atom stereocenters. The fraction of sp³-hybridized carbons (Fsp3) is 0.400. The highest BCUT2D eigenvalue weighted by Crippen LogP contribution is 2.21.